The molecular weight excluding hydrogens is 456 g/mol. The fourth-order valence-electron chi connectivity index (χ4n) is 3.90. The molecule has 0 saturated heterocycles. The molecule has 1 amide bonds. The van der Waals surface area contributed by atoms with Gasteiger partial charge in [-0.15, -0.1) is 0 Å². The smallest absolute Gasteiger partial charge is 0.242 e. The van der Waals surface area contributed by atoms with Crippen molar-refractivity contribution in [3.63, 3.8) is 0 Å². The molecule has 0 radical (unpaired) electrons. The van der Waals surface area contributed by atoms with E-state index in [2.05, 4.69) is 0 Å². The summed E-state index contributed by atoms with van der Waals surface area (Å²) in [7, 11) is -3.63. The van der Waals surface area contributed by atoms with Gasteiger partial charge in [-0.1, -0.05) is 72.3 Å². The Balaban J connectivity index is 1.62. The molecule has 7 heteroatoms. The number of halogens is 1. The van der Waals surface area contributed by atoms with Gasteiger partial charge < -0.3 is 9.47 Å². The van der Waals surface area contributed by atoms with Crippen molar-refractivity contribution < 1.29 is 13.2 Å². The lowest BCUT2D eigenvalue weighted by molar-refractivity contribution is -0.132. The highest BCUT2D eigenvalue weighted by Gasteiger charge is 2.23. The van der Waals surface area contributed by atoms with Crippen LogP contribution in [0.1, 0.15) is 18.1 Å². The van der Waals surface area contributed by atoms with Gasteiger partial charge in [-0.3, -0.25) is 4.79 Å². The number of nitrogens with zero attached hydrogens (tertiary/aromatic N) is 2. The highest BCUT2D eigenvalue weighted by Crippen LogP contribution is 2.28. The van der Waals surface area contributed by atoms with Gasteiger partial charge in [-0.05, 0) is 36.2 Å². The van der Waals surface area contributed by atoms with Crippen molar-refractivity contribution >= 4 is 38.2 Å². The first-order valence-corrected chi connectivity index (χ1v) is 12.8. The van der Waals surface area contributed by atoms with Gasteiger partial charge in [0, 0.05) is 35.2 Å². The van der Waals surface area contributed by atoms with Crippen molar-refractivity contribution in [3.8, 4) is 0 Å². The first-order valence-electron chi connectivity index (χ1n) is 10.7. The molecule has 0 fully saturated rings. The van der Waals surface area contributed by atoms with Crippen LogP contribution in [-0.4, -0.2) is 30.3 Å². The predicted octanol–water partition coefficient (Wildman–Crippen LogP) is 5.32. The van der Waals surface area contributed by atoms with Gasteiger partial charge in [-0.2, -0.15) is 0 Å². The molecule has 0 aliphatic carbocycles. The van der Waals surface area contributed by atoms with E-state index in [1.54, 1.807) is 46.0 Å². The topological polar surface area (TPSA) is 59.4 Å². The van der Waals surface area contributed by atoms with E-state index < -0.39 is 9.84 Å². The van der Waals surface area contributed by atoms with Crippen LogP contribution >= 0.6 is 11.6 Å². The summed E-state index contributed by atoms with van der Waals surface area (Å²) < 4.78 is 28.3. The number of hydrogen-bond donors (Lipinski definition) is 0. The summed E-state index contributed by atoms with van der Waals surface area (Å²) in [5, 5.41) is 1.17. The molecule has 4 aromatic rings. The zero-order chi connectivity index (χ0) is 23.4. The van der Waals surface area contributed by atoms with Crippen LogP contribution in [0.4, 0.5) is 0 Å². The Morgan fingerprint density at radius 3 is 2.27 bits per heavy atom. The highest BCUT2D eigenvalue weighted by molar-refractivity contribution is 7.90. The first-order chi connectivity index (χ1) is 15.9. The van der Waals surface area contributed by atoms with Crippen LogP contribution in [0.5, 0.6) is 0 Å². The quantitative estimate of drug-likeness (QED) is 0.343. The minimum absolute atomic E-state index is 0.0660. The van der Waals surface area contributed by atoms with Gasteiger partial charge in [0.05, 0.1) is 10.6 Å². The summed E-state index contributed by atoms with van der Waals surface area (Å²) in [5.74, 6) is -0.204. The van der Waals surface area contributed by atoms with Gasteiger partial charge in [0.2, 0.25) is 5.91 Å². The Hall–Kier alpha value is -3.09. The van der Waals surface area contributed by atoms with Gasteiger partial charge in [0.1, 0.15) is 6.54 Å². The van der Waals surface area contributed by atoms with Crippen LogP contribution in [0.2, 0.25) is 5.02 Å². The monoisotopic (exact) mass is 480 g/mol. The third kappa shape index (κ3) is 5.29. The van der Waals surface area contributed by atoms with E-state index in [4.69, 9.17) is 11.6 Å². The number of para-hydroxylation sites is 1. The zero-order valence-corrected chi connectivity index (χ0v) is 19.9. The van der Waals surface area contributed by atoms with Gasteiger partial charge >= 0.3 is 0 Å². The van der Waals surface area contributed by atoms with Crippen molar-refractivity contribution in [2.75, 3.05) is 6.54 Å². The maximum absolute atomic E-state index is 13.3. The van der Waals surface area contributed by atoms with Crippen molar-refractivity contribution in [1.29, 1.82) is 0 Å². The number of fused-ring (bicyclic) bond motifs is 1. The lowest BCUT2D eigenvalue weighted by Crippen LogP contribution is -2.33. The molecule has 0 aliphatic rings. The van der Waals surface area contributed by atoms with Crippen molar-refractivity contribution in [2.24, 2.45) is 0 Å². The number of amides is 1. The number of benzene rings is 3. The van der Waals surface area contributed by atoms with E-state index in [1.807, 2.05) is 55.5 Å². The van der Waals surface area contributed by atoms with E-state index in [-0.39, 0.29) is 23.1 Å². The number of carbonyl (C=O) groups is 1. The molecule has 0 atom stereocenters. The molecule has 4 rings (SSSR count). The number of likely N-dealkylation sites (N-methyl/N-ethyl adjacent to an activating group) is 1. The van der Waals surface area contributed by atoms with E-state index in [0.717, 1.165) is 11.1 Å². The summed E-state index contributed by atoms with van der Waals surface area (Å²) in [6.07, 6.45) is 1.59. The Kier molecular flexibility index (Phi) is 6.86. The molecule has 3 aromatic carbocycles. The Morgan fingerprint density at radius 1 is 0.909 bits per heavy atom. The molecule has 33 heavy (non-hydrogen) atoms. The van der Waals surface area contributed by atoms with Crippen LogP contribution in [-0.2, 0) is 33.5 Å². The number of aromatic nitrogens is 1. The van der Waals surface area contributed by atoms with E-state index in [1.165, 1.54) is 0 Å². The van der Waals surface area contributed by atoms with Gasteiger partial charge in [0.15, 0.2) is 9.84 Å². The van der Waals surface area contributed by atoms with Crippen LogP contribution in [0.15, 0.2) is 90.0 Å². The normalized spacial score (nSPS) is 11.6. The minimum atomic E-state index is -3.63. The van der Waals surface area contributed by atoms with Crippen LogP contribution in [0.3, 0.4) is 0 Å². The average molecular weight is 481 g/mol. The number of sulfone groups is 1. The Morgan fingerprint density at radius 2 is 1.58 bits per heavy atom. The molecule has 170 valence electrons. The minimum Gasteiger partial charge on any atom is -0.337 e. The third-order valence-electron chi connectivity index (χ3n) is 5.61. The maximum atomic E-state index is 13.3. The second-order valence-electron chi connectivity index (χ2n) is 7.92. The van der Waals surface area contributed by atoms with E-state index in [0.29, 0.717) is 29.1 Å². The molecule has 0 unspecified atom stereocenters. The second-order valence-corrected chi connectivity index (χ2v) is 10.3. The number of hydrogen-bond acceptors (Lipinski definition) is 3. The molecule has 0 spiro atoms. The van der Waals surface area contributed by atoms with Crippen LogP contribution in [0.25, 0.3) is 10.9 Å². The SMILES string of the molecule is CCN(Cc1ccccc1)C(=O)Cn1cc(S(=O)(=O)Cc2ccc(Cl)cc2)c2ccccc21. The summed E-state index contributed by atoms with van der Waals surface area (Å²) in [5.41, 5.74) is 2.43. The summed E-state index contributed by atoms with van der Waals surface area (Å²) >= 11 is 5.93. The lowest BCUT2D eigenvalue weighted by Gasteiger charge is -2.21. The number of carbonyl (C=O) groups excluding carboxylic acids is 1. The molecule has 5 nitrogen and oxygen atoms in total. The van der Waals surface area contributed by atoms with Crippen LogP contribution < -0.4 is 0 Å². The average Bonchev–Trinajstić information content (AvgIpc) is 3.19. The van der Waals surface area contributed by atoms with E-state index >= 15 is 0 Å². The van der Waals surface area contributed by atoms with Gasteiger partial charge in [-0.25, -0.2) is 8.42 Å². The molecular formula is C26H25ClN2O3S. The lowest BCUT2D eigenvalue weighted by atomic mass is 10.2. The summed E-state index contributed by atoms with van der Waals surface area (Å²) in [6.45, 7) is 3.08. The number of rotatable bonds is 8. The largest absolute Gasteiger partial charge is 0.337 e. The summed E-state index contributed by atoms with van der Waals surface area (Å²) in [6, 6.07) is 23.9. The predicted molar refractivity (Wildman–Crippen MR) is 132 cm³/mol. The Bertz CT molecular complexity index is 1360. The van der Waals surface area contributed by atoms with Gasteiger partial charge in [0.25, 0.3) is 0 Å². The van der Waals surface area contributed by atoms with Crippen molar-refractivity contribution in [2.45, 2.75) is 30.7 Å². The van der Waals surface area contributed by atoms with Crippen molar-refractivity contribution in [1.82, 2.24) is 9.47 Å². The fraction of sp³-hybridized carbons (Fsp3) is 0.192. The molecule has 1 heterocycles. The molecule has 0 aliphatic heterocycles. The fourth-order valence-corrected chi connectivity index (χ4v) is 5.60. The van der Waals surface area contributed by atoms with E-state index in [9.17, 15) is 13.2 Å². The standard InChI is InChI=1S/C26H25ClN2O3S/c1-2-28(16-20-8-4-3-5-9-20)26(30)18-29-17-25(23-10-6-7-11-24(23)29)33(31,32)19-21-12-14-22(27)15-13-21/h3-15,17H,2,16,18-19H2,1H3. The third-order valence-corrected chi connectivity index (χ3v) is 7.57. The first kappa shape index (κ1) is 23.1. The van der Waals surface area contributed by atoms with Crippen LogP contribution in [0, 0.1) is 0 Å². The highest BCUT2D eigenvalue weighted by atomic mass is 35.5. The molecule has 0 N–H and O–H groups in total. The maximum Gasteiger partial charge on any atom is 0.242 e. The molecule has 0 bridgehead atoms. The Labute approximate surface area is 199 Å². The molecule has 0 saturated carbocycles. The second kappa shape index (κ2) is 9.81. The zero-order valence-electron chi connectivity index (χ0n) is 18.3. The summed E-state index contributed by atoms with van der Waals surface area (Å²) in [4.78, 5) is 15.1. The van der Waals surface area contributed by atoms with Crippen molar-refractivity contribution in [3.05, 3.63) is 101 Å². The molecule has 1 aromatic heterocycles.